The highest BCUT2D eigenvalue weighted by atomic mass is 15.4. The molecule has 0 radical (unpaired) electrons. The Kier molecular flexibility index (Phi) is 4.64. The number of nitrogens with one attached hydrogen (secondary N) is 2. The predicted octanol–water partition coefficient (Wildman–Crippen LogP) is 0.859. The average molecular weight is 315 g/mol. The van der Waals surface area contributed by atoms with E-state index in [0.717, 1.165) is 50.0 Å². The maximum Gasteiger partial charge on any atom is 0.191 e. The summed E-state index contributed by atoms with van der Waals surface area (Å²) in [5.74, 6) is 2.87. The lowest BCUT2D eigenvalue weighted by Gasteiger charge is -2.25. The molecule has 0 spiro atoms. The minimum Gasteiger partial charge on any atom is -0.353 e. The summed E-state index contributed by atoms with van der Waals surface area (Å²) < 4.78 is 4.14. The zero-order valence-corrected chi connectivity index (χ0v) is 14.1. The highest BCUT2D eigenvalue weighted by Crippen LogP contribution is 2.13. The molecular weight excluding hydrogens is 290 g/mol. The number of rotatable bonds is 4. The molecule has 0 aromatic carbocycles. The molecule has 1 unspecified atom stereocenters. The third-order valence-electron chi connectivity index (χ3n) is 4.27. The Balaban J connectivity index is 1.56. The zero-order valence-electron chi connectivity index (χ0n) is 14.1. The first-order chi connectivity index (χ1) is 11.2. The number of guanidine groups is 1. The van der Waals surface area contributed by atoms with E-state index in [4.69, 9.17) is 0 Å². The molecule has 7 heteroatoms. The van der Waals surface area contributed by atoms with Crippen molar-refractivity contribution >= 4 is 5.96 Å². The first-order valence-corrected chi connectivity index (χ1v) is 8.19. The molecule has 0 fully saturated rings. The van der Waals surface area contributed by atoms with Crippen LogP contribution in [-0.2, 0) is 33.0 Å². The van der Waals surface area contributed by atoms with Crippen molar-refractivity contribution in [1.29, 1.82) is 0 Å². The van der Waals surface area contributed by atoms with E-state index >= 15 is 0 Å². The summed E-state index contributed by atoms with van der Waals surface area (Å²) in [6, 6.07) is 4.48. The fourth-order valence-corrected chi connectivity index (χ4v) is 2.87. The van der Waals surface area contributed by atoms with Crippen LogP contribution in [0.2, 0.25) is 0 Å². The van der Waals surface area contributed by atoms with Crippen molar-refractivity contribution in [2.24, 2.45) is 12.0 Å². The molecule has 0 saturated carbocycles. The van der Waals surface area contributed by atoms with Crippen LogP contribution in [0.5, 0.6) is 0 Å². The van der Waals surface area contributed by atoms with Gasteiger partial charge in [-0.3, -0.25) is 4.99 Å². The van der Waals surface area contributed by atoms with Crippen LogP contribution in [0.3, 0.4) is 0 Å². The van der Waals surface area contributed by atoms with Gasteiger partial charge in [0, 0.05) is 44.9 Å². The van der Waals surface area contributed by atoms with Crippen LogP contribution in [0.1, 0.15) is 30.7 Å². The number of hydrogen-bond acceptors (Lipinski definition) is 3. The fraction of sp³-hybridized carbons (Fsp3) is 0.562. The Morgan fingerprint density at radius 3 is 3.04 bits per heavy atom. The Hall–Kier alpha value is -2.31. The van der Waals surface area contributed by atoms with Crippen molar-refractivity contribution in [1.82, 2.24) is 30.0 Å². The lowest BCUT2D eigenvalue weighted by Crippen LogP contribution is -2.46. The second-order valence-electron chi connectivity index (χ2n) is 5.90. The van der Waals surface area contributed by atoms with Gasteiger partial charge in [0.05, 0.1) is 13.1 Å². The highest BCUT2D eigenvalue weighted by Gasteiger charge is 2.22. The summed E-state index contributed by atoms with van der Waals surface area (Å²) in [5, 5.41) is 11.4. The van der Waals surface area contributed by atoms with Crippen LogP contribution in [0, 0.1) is 0 Å². The van der Waals surface area contributed by atoms with E-state index in [1.54, 1.807) is 7.05 Å². The lowest BCUT2D eigenvalue weighted by atomic mass is 10.1. The summed E-state index contributed by atoms with van der Waals surface area (Å²) in [5.41, 5.74) is 1.22. The zero-order chi connectivity index (χ0) is 16.2. The summed E-state index contributed by atoms with van der Waals surface area (Å²) in [4.78, 5) is 8.89. The second kappa shape index (κ2) is 6.85. The van der Waals surface area contributed by atoms with Crippen molar-refractivity contribution in [3.05, 3.63) is 35.7 Å². The lowest BCUT2D eigenvalue weighted by molar-refractivity contribution is 0.392. The van der Waals surface area contributed by atoms with E-state index in [2.05, 4.69) is 43.3 Å². The Morgan fingerprint density at radius 1 is 1.48 bits per heavy atom. The molecule has 0 bridgehead atoms. The number of aryl methyl sites for hydroxylation is 3. The van der Waals surface area contributed by atoms with Crippen LogP contribution >= 0.6 is 0 Å². The highest BCUT2D eigenvalue weighted by molar-refractivity contribution is 5.79. The maximum atomic E-state index is 4.56. The molecule has 7 nitrogen and oxygen atoms in total. The number of aromatic nitrogens is 4. The average Bonchev–Trinajstić information content (AvgIpc) is 3.16. The van der Waals surface area contributed by atoms with Crippen LogP contribution in [0.4, 0.5) is 0 Å². The minimum atomic E-state index is 0.327. The van der Waals surface area contributed by atoms with Crippen LogP contribution < -0.4 is 10.6 Å². The Bertz CT molecular complexity index is 682. The quantitative estimate of drug-likeness (QED) is 0.648. The Labute approximate surface area is 136 Å². The van der Waals surface area contributed by atoms with Crippen molar-refractivity contribution in [2.75, 3.05) is 7.05 Å². The standard InChI is InChI=1S/C16H25N7/c1-4-14-20-15-8-7-12(11-23(15)21-14)19-16(17-2)18-10-13-6-5-9-22(13)3/h5-6,9,12H,4,7-8,10-11H2,1-3H3,(H2,17,18,19). The van der Waals surface area contributed by atoms with E-state index in [1.807, 2.05) is 24.0 Å². The number of aliphatic imine (C=N–C) groups is 1. The molecule has 2 aromatic rings. The van der Waals surface area contributed by atoms with Gasteiger partial charge >= 0.3 is 0 Å². The molecule has 23 heavy (non-hydrogen) atoms. The van der Waals surface area contributed by atoms with Gasteiger partial charge in [-0.2, -0.15) is 5.10 Å². The minimum absolute atomic E-state index is 0.327. The molecule has 3 rings (SSSR count). The van der Waals surface area contributed by atoms with E-state index in [9.17, 15) is 0 Å². The normalized spacial score (nSPS) is 17.9. The fourth-order valence-electron chi connectivity index (χ4n) is 2.87. The van der Waals surface area contributed by atoms with Gasteiger partial charge in [-0.1, -0.05) is 6.92 Å². The van der Waals surface area contributed by atoms with Gasteiger partial charge in [-0.25, -0.2) is 9.67 Å². The van der Waals surface area contributed by atoms with E-state index in [1.165, 1.54) is 5.69 Å². The van der Waals surface area contributed by atoms with Crippen LogP contribution in [0.25, 0.3) is 0 Å². The van der Waals surface area contributed by atoms with Gasteiger partial charge in [0.15, 0.2) is 11.8 Å². The third-order valence-corrected chi connectivity index (χ3v) is 4.27. The summed E-state index contributed by atoms with van der Waals surface area (Å²) in [6.07, 6.45) is 4.94. The van der Waals surface area contributed by atoms with E-state index < -0.39 is 0 Å². The van der Waals surface area contributed by atoms with Crippen molar-refractivity contribution in [3.8, 4) is 0 Å². The molecule has 0 amide bonds. The molecule has 1 aliphatic rings. The van der Waals surface area contributed by atoms with Crippen molar-refractivity contribution < 1.29 is 0 Å². The van der Waals surface area contributed by atoms with Crippen molar-refractivity contribution in [3.63, 3.8) is 0 Å². The third kappa shape index (κ3) is 3.55. The molecule has 124 valence electrons. The molecule has 1 aliphatic heterocycles. The molecule has 1 atom stereocenters. The number of hydrogen-bond donors (Lipinski definition) is 2. The van der Waals surface area contributed by atoms with E-state index in [-0.39, 0.29) is 0 Å². The van der Waals surface area contributed by atoms with Gasteiger partial charge in [0.1, 0.15) is 5.82 Å². The molecule has 2 aromatic heterocycles. The first kappa shape index (κ1) is 15.6. The van der Waals surface area contributed by atoms with Gasteiger partial charge in [0.25, 0.3) is 0 Å². The SMILES string of the molecule is CCc1nc2n(n1)CC(NC(=NC)NCc1cccn1C)CC2. The van der Waals surface area contributed by atoms with Crippen molar-refractivity contribution in [2.45, 2.75) is 45.3 Å². The smallest absolute Gasteiger partial charge is 0.191 e. The summed E-state index contributed by atoms with van der Waals surface area (Å²) >= 11 is 0. The number of fused-ring (bicyclic) bond motifs is 1. The first-order valence-electron chi connectivity index (χ1n) is 8.19. The van der Waals surface area contributed by atoms with Gasteiger partial charge in [-0.05, 0) is 18.6 Å². The molecule has 2 N–H and O–H groups in total. The largest absolute Gasteiger partial charge is 0.353 e. The van der Waals surface area contributed by atoms with Crippen LogP contribution in [0.15, 0.2) is 23.3 Å². The molecular formula is C16H25N7. The monoisotopic (exact) mass is 315 g/mol. The summed E-state index contributed by atoms with van der Waals surface area (Å²) in [6.45, 7) is 3.68. The summed E-state index contributed by atoms with van der Waals surface area (Å²) in [7, 11) is 3.85. The topological polar surface area (TPSA) is 72.1 Å². The van der Waals surface area contributed by atoms with Gasteiger partial charge in [-0.15, -0.1) is 0 Å². The second-order valence-corrected chi connectivity index (χ2v) is 5.90. The van der Waals surface area contributed by atoms with Gasteiger partial charge in [0.2, 0.25) is 0 Å². The molecule has 0 saturated heterocycles. The number of nitrogens with zero attached hydrogens (tertiary/aromatic N) is 5. The predicted molar refractivity (Wildman–Crippen MR) is 90.3 cm³/mol. The van der Waals surface area contributed by atoms with Crippen LogP contribution in [-0.4, -0.2) is 38.4 Å². The van der Waals surface area contributed by atoms with Gasteiger partial charge < -0.3 is 15.2 Å². The Morgan fingerprint density at radius 2 is 2.35 bits per heavy atom. The molecule has 3 heterocycles. The van der Waals surface area contributed by atoms with E-state index in [0.29, 0.717) is 6.04 Å². The molecule has 0 aliphatic carbocycles. The maximum absolute atomic E-state index is 4.56.